The fourth-order valence-electron chi connectivity index (χ4n) is 1.94. The van der Waals surface area contributed by atoms with Crippen molar-refractivity contribution in [2.75, 3.05) is 5.32 Å². The molecule has 0 spiro atoms. The molecule has 0 fully saturated rings. The van der Waals surface area contributed by atoms with Crippen molar-refractivity contribution in [2.45, 2.75) is 0 Å². The molecule has 3 N–H and O–H groups in total. The molecule has 0 aliphatic carbocycles. The van der Waals surface area contributed by atoms with Crippen LogP contribution in [-0.2, 0) is 0 Å². The molecule has 5 heteroatoms. The molecule has 0 saturated heterocycles. The van der Waals surface area contributed by atoms with Crippen LogP contribution in [0, 0.1) is 0 Å². The lowest BCUT2D eigenvalue weighted by Crippen LogP contribution is -2.12. The van der Waals surface area contributed by atoms with Crippen molar-refractivity contribution < 1.29 is 0 Å². The Morgan fingerprint density at radius 1 is 1.10 bits per heavy atom. The molecule has 4 nitrogen and oxygen atoms in total. The first-order valence-electron chi connectivity index (χ1n) is 6.11. The van der Waals surface area contributed by atoms with Gasteiger partial charge in [-0.1, -0.05) is 24.4 Å². The number of pyridine rings is 2. The van der Waals surface area contributed by atoms with E-state index in [1.807, 2.05) is 42.5 Å². The van der Waals surface area contributed by atoms with Crippen molar-refractivity contribution in [1.29, 1.82) is 0 Å². The summed E-state index contributed by atoms with van der Waals surface area (Å²) in [4.78, 5) is 8.93. The highest BCUT2D eigenvalue weighted by Gasteiger charge is 2.02. The maximum atomic E-state index is 5.58. The molecule has 2 aromatic heterocycles. The Kier molecular flexibility index (Phi) is 3.26. The Balaban J connectivity index is 1.92. The van der Waals surface area contributed by atoms with Gasteiger partial charge in [-0.25, -0.2) is 4.98 Å². The molecule has 0 unspecified atom stereocenters. The van der Waals surface area contributed by atoms with E-state index in [2.05, 4.69) is 15.3 Å². The zero-order chi connectivity index (χ0) is 13.9. The average Bonchev–Trinajstić information content (AvgIpc) is 2.47. The number of anilines is 2. The number of aromatic nitrogens is 2. The smallest absolute Gasteiger partial charge is 0.131 e. The first-order valence-corrected chi connectivity index (χ1v) is 6.52. The number of benzene rings is 1. The largest absolute Gasteiger partial charge is 0.388 e. The van der Waals surface area contributed by atoms with Crippen molar-refractivity contribution in [3.8, 4) is 0 Å². The fourth-order valence-corrected chi connectivity index (χ4v) is 2.06. The van der Waals surface area contributed by atoms with Gasteiger partial charge < -0.3 is 11.1 Å². The molecule has 0 radical (unpaired) electrons. The lowest BCUT2D eigenvalue weighted by Gasteiger charge is -2.07. The molecule has 0 amide bonds. The summed E-state index contributed by atoms with van der Waals surface area (Å²) in [5.74, 6) is 0.707. The standard InChI is InChI=1S/C15H12N4S/c16-15(20)13-4-1-5-14(19-13)18-11-6-7-12-10(9-11)3-2-8-17-12/h1-9H,(H2,16,20)(H,18,19). The van der Waals surface area contributed by atoms with Crippen LogP contribution in [0.4, 0.5) is 11.5 Å². The number of thiocarbonyl (C=S) groups is 1. The van der Waals surface area contributed by atoms with Gasteiger partial charge in [-0.15, -0.1) is 0 Å². The molecule has 20 heavy (non-hydrogen) atoms. The molecule has 0 aliphatic heterocycles. The molecular formula is C15H12N4S. The summed E-state index contributed by atoms with van der Waals surface area (Å²) < 4.78 is 0. The van der Waals surface area contributed by atoms with Gasteiger partial charge in [0.2, 0.25) is 0 Å². The second kappa shape index (κ2) is 5.22. The second-order valence-corrected chi connectivity index (χ2v) is 4.75. The van der Waals surface area contributed by atoms with E-state index in [9.17, 15) is 0 Å². The Morgan fingerprint density at radius 3 is 2.85 bits per heavy atom. The van der Waals surface area contributed by atoms with Gasteiger partial charge in [0.1, 0.15) is 10.8 Å². The molecule has 0 atom stereocenters. The Bertz CT molecular complexity index is 785. The van der Waals surface area contributed by atoms with Gasteiger partial charge in [-0.3, -0.25) is 4.98 Å². The number of fused-ring (bicyclic) bond motifs is 1. The summed E-state index contributed by atoms with van der Waals surface area (Å²) in [5.41, 5.74) is 8.09. The maximum Gasteiger partial charge on any atom is 0.131 e. The summed E-state index contributed by atoms with van der Waals surface area (Å²) in [7, 11) is 0. The fraction of sp³-hybridized carbons (Fsp3) is 0. The molecule has 3 aromatic rings. The molecule has 1 aromatic carbocycles. The normalized spacial score (nSPS) is 10.4. The van der Waals surface area contributed by atoms with Gasteiger partial charge in [0.05, 0.1) is 11.2 Å². The predicted molar refractivity (Wildman–Crippen MR) is 85.2 cm³/mol. The zero-order valence-corrected chi connectivity index (χ0v) is 11.4. The predicted octanol–water partition coefficient (Wildman–Crippen LogP) is 3.01. The third-order valence-electron chi connectivity index (χ3n) is 2.88. The molecule has 3 rings (SSSR count). The molecule has 0 saturated carbocycles. The number of rotatable bonds is 3. The molecular weight excluding hydrogens is 268 g/mol. The summed E-state index contributed by atoms with van der Waals surface area (Å²) >= 11 is 4.93. The van der Waals surface area contributed by atoms with E-state index in [-0.39, 0.29) is 4.99 Å². The van der Waals surface area contributed by atoms with Gasteiger partial charge in [0, 0.05) is 17.3 Å². The SMILES string of the molecule is NC(=S)c1cccc(Nc2ccc3ncccc3c2)n1. The van der Waals surface area contributed by atoms with Gasteiger partial charge in [0.25, 0.3) is 0 Å². The minimum Gasteiger partial charge on any atom is -0.388 e. The number of nitrogens with two attached hydrogens (primary N) is 1. The van der Waals surface area contributed by atoms with Crippen molar-refractivity contribution in [1.82, 2.24) is 9.97 Å². The highest BCUT2D eigenvalue weighted by Crippen LogP contribution is 2.20. The summed E-state index contributed by atoms with van der Waals surface area (Å²) in [6.07, 6.45) is 1.78. The minimum absolute atomic E-state index is 0.288. The highest BCUT2D eigenvalue weighted by molar-refractivity contribution is 7.80. The average molecular weight is 280 g/mol. The van der Waals surface area contributed by atoms with Crippen LogP contribution in [0.5, 0.6) is 0 Å². The molecule has 0 bridgehead atoms. The molecule has 2 heterocycles. The third kappa shape index (κ3) is 2.57. The second-order valence-electron chi connectivity index (χ2n) is 4.31. The number of hydrogen-bond donors (Lipinski definition) is 2. The summed E-state index contributed by atoms with van der Waals surface area (Å²) in [5, 5.41) is 4.31. The molecule has 98 valence electrons. The van der Waals surface area contributed by atoms with Crippen LogP contribution < -0.4 is 11.1 Å². The Hall–Kier alpha value is -2.53. The van der Waals surface area contributed by atoms with E-state index in [0.717, 1.165) is 16.6 Å². The summed E-state index contributed by atoms with van der Waals surface area (Å²) in [6.45, 7) is 0. The Labute approximate surface area is 121 Å². The Morgan fingerprint density at radius 2 is 2.00 bits per heavy atom. The summed E-state index contributed by atoms with van der Waals surface area (Å²) in [6, 6.07) is 15.4. The van der Waals surface area contributed by atoms with Crippen LogP contribution in [-0.4, -0.2) is 15.0 Å². The van der Waals surface area contributed by atoms with E-state index in [4.69, 9.17) is 18.0 Å². The van der Waals surface area contributed by atoms with Crippen LogP contribution in [0.25, 0.3) is 10.9 Å². The van der Waals surface area contributed by atoms with E-state index < -0.39 is 0 Å². The van der Waals surface area contributed by atoms with Gasteiger partial charge >= 0.3 is 0 Å². The van der Waals surface area contributed by atoms with Gasteiger partial charge in [0.15, 0.2) is 0 Å². The van der Waals surface area contributed by atoms with E-state index in [0.29, 0.717) is 11.5 Å². The lowest BCUT2D eigenvalue weighted by atomic mass is 10.2. The van der Waals surface area contributed by atoms with Crippen molar-refractivity contribution in [3.63, 3.8) is 0 Å². The van der Waals surface area contributed by atoms with Gasteiger partial charge in [-0.2, -0.15) is 0 Å². The first-order chi connectivity index (χ1) is 9.72. The third-order valence-corrected chi connectivity index (χ3v) is 3.09. The van der Waals surface area contributed by atoms with Crippen LogP contribution in [0.3, 0.4) is 0 Å². The zero-order valence-electron chi connectivity index (χ0n) is 10.6. The quantitative estimate of drug-likeness (QED) is 0.722. The van der Waals surface area contributed by atoms with Crippen molar-refractivity contribution in [2.24, 2.45) is 5.73 Å². The van der Waals surface area contributed by atoms with E-state index in [1.54, 1.807) is 12.3 Å². The monoisotopic (exact) mass is 280 g/mol. The first kappa shape index (κ1) is 12.5. The number of nitrogens with one attached hydrogen (secondary N) is 1. The molecule has 0 aliphatic rings. The van der Waals surface area contributed by atoms with Crippen LogP contribution in [0.2, 0.25) is 0 Å². The minimum atomic E-state index is 0.288. The topological polar surface area (TPSA) is 63.8 Å². The lowest BCUT2D eigenvalue weighted by molar-refractivity contribution is 1.28. The van der Waals surface area contributed by atoms with E-state index in [1.165, 1.54) is 0 Å². The number of nitrogens with zero attached hydrogens (tertiary/aromatic N) is 2. The van der Waals surface area contributed by atoms with Crippen molar-refractivity contribution in [3.05, 3.63) is 60.4 Å². The van der Waals surface area contributed by atoms with Crippen LogP contribution >= 0.6 is 12.2 Å². The van der Waals surface area contributed by atoms with Crippen molar-refractivity contribution >= 4 is 39.6 Å². The highest BCUT2D eigenvalue weighted by atomic mass is 32.1. The maximum absolute atomic E-state index is 5.58. The number of hydrogen-bond acceptors (Lipinski definition) is 4. The van der Waals surface area contributed by atoms with E-state index >= 15 is 0 Å². The van der Waals surface area contributed by atoms with Gasteiger partial charge in [-0.05, 0) is 36.4 Å². The van der Waals surface area contributed by atoms with Crippen LogP contribution in [0.1, 0.15) is 5.69 Å². The van der Waals surface area contributed by atoms with Crippen LogP contribution in [0.15, 0.2) is 54.7 Å².